The van der Waals surface area contributed by atoms with E-state index in [1.807, 2.05) is 50.8 Å². The van der Waals surface area contributed by atoms with E-state index < -0.39 is 72.7 Å². The van der Waals surface area contributed by atoms with Gasteiger partial charge < -0.3 is 70.4 Å². The number of carboxylic acid groups (broad SMARTS) is 6. The van der Waals surface area contributed by atoms with Gasteiger partial charge in [-0.2, -0.15) is 10.5 Å². The lowest BCUT2D eigenvalue weighted by molar-refractivity contribution is -0.170. The molecule has 0 radical (unpaired) electrons. The molecule has 0 unspecified atom stereocenters. The van der Waals surface area contributed by atoms with Gasteiger partial charge in [-0.05, 0) is 36.8 Å². The first-order valence-electron chi connectivity index (χ1n) is 21.9. The van der Waals surface area contributed by atoms with Crippen molar-refractivity contribution in [2.45, 2.75) is 88.5 Å². The van der Waals surface area contributed by atoms with Crippen molar-refractivity contribution < 1.29 is 79.2 Å². The van der Waals surface area contributed by atoms with Crippen molar-refractivity contribution >= 4 is 81.3 Å². The molecule has 2 aliphatic rings. The van der Waals surface area contributed by atoms with E-state index in [0.717, 1.165) is 59.6 Å². The molecule has 0 bridgehead atoms. The molecule has 72 heavy (non-hydrogen) atoms. The Morgan fingerprint density at radius 1 is 0.611 bits per heavy atom. The van der Waals surface area contributed by atoms with Gasteiger partial charge >= 0.3 is 35.8 Å². The number of carbonyl (C=O) groups excluding carboxylic acids is 2. The van der Waals surface area contributed by atoms with Gasteiger partial charge in [-0.15, -0.1) is 0 Å². The van der Waals surface area contributed by atoms with Crippen LogP contribution in [0.1, 0.15) is 65.2 Å². The molecule has 0 aromatic carbocycles. The number of amides is 2. The Morgan fingerprint density at radius 2 is 0.931 bits per heavy atom. The highest BCUT2D eigenvalue weighted by molar-refractivity contribution is 5.90. The predicted octanol–water partition coefficient (Wildman–Crippen LogP) is 0.593. The maximum absolute atomic E-state index is 12.0. The van der Waals surface area contributed by atoms with Crippen molar-refractivity contribution in [3.05, 3.63) is 37.2 Å². The molecular weight excluding hydrogens is 953 g/mol. The fraction of sp³-hybridized carbons (Fsp3) is 0.500. The third kappa shape index (κ3) is 15.8. The molecule has 4 atom stereocenters. The third-order valence-electron chi connectivity index (χ3n) is 11.9. The molecular formula is C44H56N12O16. The summed E-state index contributed by atoms with van der Waals surface area (Å²) in [4.78, 5) is 116. The van der Waals surface area contributed by atoms with Gasteiger partial charge in [0, 0.05) is 52.7 Å². The lowest BCUT2D eigenvalue weighted by Crippen LogP contribution is -2.52. The molecule has 2 amide bonds. The smallest absolute Gasteiger partial charge is 0.336 e. The SMILES string of the molecule is C[C@@H]1CCN(C(=O)CC#N)C[C@@H]1N(C)c1ncnc2[nH]ccc12.C[C@H]1CCN(C(=O)CC#N)C[C@H]1N(C)c1ncnc2[nH]ccc12.O=C(O)CC(O)(CC(=O)O)C(=O)O.O=C(O)CC(O)(CC(=O)O)C(=O)O. The van der Waals surface area contributed by atoms with E-state index in [4.69, 9.17) is 51.4 Å². The number of aromatic amines is 2. The van der Waals surface area contributed by atoms with Crippen molar-refractivity contribution in [3.63, 3.8) is 0 Å². The maximum atomic E-state index is 12.0. The molecule has 0 spiro atoms. The van der Waals surface area contributed by atoms with E-state index in [0.29, 0.717) is 24.9 Å². The number of carbonyl (C=O) groups is 8. The minimum absolute atomic E-state index is 0.0552. The molecule has 2 fully saturated rings. The standard InChI is InChI=1S/2C16H20N6O.2C6H8O7/c2*1-11-5-8-22(14(23)3-6-17)9-13(11)21(2)16-12-4-7-18-15(12)19-10-20-16;2*7-3(8)1-6(13,5(11)12)2-4(9)10/h2*4,7,10-11,13H,3,5,8-9H2,1-2H3,(H,18,19,20);2*13H,1-2H2,(H,7,8)(H,9,10)(H,11,12)/t2*11-,13+;;/m10../s1. The van der Waals surface area contributed by atoms with Crippen molar-refractivity contribution in [1.82, 2.24) is 39.7 Å². The first-order chi connectivity index (χ1) is 33.8. The fourth-order valence-electron chi connectivity index (χ4n) is 7.94. The summed E-state index contributed by atoms with van der Waals surface area (Å²) in [5, 5.41) is 87.0. The van der Waals surface area contributed by atoms with Crippen LogP contribution in [-0.2, 0) is 38.4 Å². The molecule has 0 aliphatic carbocycles. The Hall–Kier alpha value is -8.50. The summed E-state index contributed by atoms with van der Waals surface area (Å²) in [5.41, 5.74) is -3.86. The summed E-state index contributed by atoms with van der Waals surface area (Å²) < 4.78 is 0. The quantitative estimate of drug-likeness (QED) is 0.0734. The minimum Gasteiger partial charge on any atom is -0.481 e. The van der Waals surface area contributed by atoms with Crippen LogP contribution in [0.2, 0.25) is 0 Å². The van der Waals surface area contributed by atoms with Crippen molar-refractivity contribution in [1.29, 1.82) is 10.5 Å². The number of aliphatic carboxylic acids is 6. The number of hydrogen-bond donors (Lipinski definition) is 10. The van der Waals surface area contributed by atoms with Gasteiger partial charge in [0.05, 0.1) is 60.7 Å². The summed E-state index contributed by atoms with van der Waals surface area (Å²) in [5.74, 6) is -7.61. The molecule has 4 aromatic rings. The fourth-order valence-corrected chi connectivity index (χ4v) is 7.94. The number of aromatic nitrogens is 6. The van der Waals surface area contributed by atoms with E-state index in [9.17, 15) is 38.4 Å². The zero-order valence-electron chi connectivity index (χ0n) is 39.6. The number of nitrogens with one attached hydrogen (secondary N) is 2. The second kappa shape index (κ2) is 25.9. The molecule has 28 nitrogen and oxygen atoms in total. The van der Waals surface area contributed by atoms with E-state index in [2.05, 4.69) is 53.6 Å². The van der Waals surface area contributed by atoms with Crippen LogP contribution in [0.25, 0.3) is 22.1 Å². The highest BCUT2D eigenvalue weighted by atomic mass is 16.4. The number of nitrogens with zero attached hydrogens (tertiary/aromatic N) is 10. The Balaban J connectivity index is 0.000000264. The summed E-state index contributed by atoms with van der Waals surface area (Å²) in [6.45, 7) is 7.07. The zero-order valence-corrected chi connectivity index (χ0v) is 39.6. The largest absolute Gasteiger partial charge is 0.481 e. The lowest BCUT2D eigenvalue weighted by Gasteiger charge is -2.42. The number of piperidine rings is 2. The van der Waals surface area contributed by atoms with Crippen LogP contribution < -0.4 is 9.80 Å². The number of carboxylic acids is 6. The van der Waals surface area contributed by atoms with Crippen LogP contribution in [0.5, 0.6) is 0 Å². The van der Waals surface area contributed by atoms with Gasteiger partial charge in [0.1, 0.15) is 48.4 Å². The highest BCUT2D eigenvalue weighted by Gasteiger charge is 2.42. The molecule has 2 saturated heterocycles. The number of likely N-dealkylation sites (N-methyl/N-ethyl adjacent to an activating group) is 2. The molecule has 10 N–H and O–H groups in total. The number of rotatable bonds is 16. The second-order valence-electron chi connectivity index (χ2n) is 17.1. The second-order valence-corrected chi connectivity index (χ2v) is 17.1. The number of aliphatic hydroxyl groups is 2. The monoisotopic (exact) mass is 1010 g/mol. The summed E-state index contributed by atoms with van der Waals surface area (Å²) in [6, 6.07) is 8.15. The predicted molar refractivity (Wildman–Crippen MR) is 248 cm³/mol. The lowest BCUT2D eigenvalue weighted by atomic mass is 9.92. The van der Waals surface area contributed by atoms with Crippen molar-refractivity contribution in [2.24, 2.45) is 11.8 Å². The average Bonchev–Trinajstić information content (AvgIpc) is 3.99. The Labute approximate surface area is 409 Å². The van der Waals surface area contributed by atoms with E-state index >= 15 is 0 Å². The first-order valence-corrected chi connectivity index (χ1v) is 21.9. The van der Waals surface area contributed by atoms with Crippen LogP contribution in [0.15, 0.2) is 37.2 Å². The zero-order chi connectivity index (χ0) is 54.1. The number of H-pyrrole nitrogens is 2. The Kier molecular flexibility index (Phi) is 20.8. The maximum Gasteiger partial charge on any atom is 0.336 e. The van der Waals surface area contributed by atoms with Crippen LogP contribution >= 0.6 is 0 Å². The van der Waals surface area contributed by atoms with Gasteiger partial charge in [0.2, 0.25) is 11.8 Å². The van der Waals surface area contributed by atoms with Crippen LogP contribution in [-0.4, -0.2) is 192 Å². The molecule has 6 rings (SSSR count). The highest BCUT2D eigenvalue weighted by Crippen LogP contribution is 2.30. The summed E-state index contributed by atoms with van der Waals surface area (Å²) in [7, 11) is 4.02. The number of nitriles is 2. The molecule has 388 valence electrons. The third-order valence-corrected chi connectivity index (χ3v) is 11.9. The number of anilines is 2. The number of likely N-dealkylation sites (tertiary alicyclic amines) is 2. The first kappa shape index (κ1) is 57.8. The topological polar surface area (TPSA) is 442 Å². The Morgan fingerprint density at radius 3 is 1.21 bits per heavy atom. The number of hydrogen-bond acceptors (Lipinski definition) is 18. The van der Waals surface area contributed by atoms with Gasteiger partial charge in [-0.1, -0.05) is 13.8 Å². The summed E-state index contributed by atoms with van der Waals surface area (Å²) >= 11 is 0. The van der Waals surface area contributed by atoms with Crippen LogP contribution in [0.4, 0.5) is 11.6 Å². The van der Waals surface area contributed by atoms with Gasteiger partial charge in [-0.3, -0.25) is 28.8 Å². The van der Waals surface area contributed by atoms with Crippen molar-refractivity contribution in [2.75, 3.05) is 50.1 Å². The summed E-state index contributed by atoms with van der Waals surface area (Å²) in [6.07, 6.45) is 3.97. The van der Waals surface area contributed by atoms with E-state index in [-0.39, 0.29) is 36.7 Å². The molecule has 2 aliphatic heterocycles. The minimum atomic E-state index is -2.74. The van der Waals surface area contributed by atoms with Gasteiger partial charge in [0.25, 0.3) is 0 Å². The normalized spacial score (nSPS) is 17.4. The van der Waals surface area contributed by atoms with Crippen molar-refractivity contribution in [3.8, 4) is 12.1 Å². The molecule has 6 heterocycles. The van der Waals surface area contributed by atoms with Gasteiger partial charge in [0.15, 0.2) is 11.2 Å². The molecule has 0 saturated carbocycles. The van der Waals surface area contributed by atoms with Crippen LogP contribution in [0.3, 0.4) is 0 Å². The average molecular weight is 1010 g/mol. The Bertz CT molecular complexity index is 2470. The molecule has 4 aromatic heterocycles. The van der Waals surface area contributed by atoms with E-state index in [1.165, 1.54) is 0 Å². The van der Waals surface area contributed by atoms with E-state index in [1.54, 1.807) is 22.5 Å². The van der Waals surface area contributed by atoms with Crippen LogP contribution in [0, 0.1) is 34.5 Å². The van der Waals surface area contributed by atoms with Gasteiger partial charge in [-0.25, -0.2) is 29.5 Å². The number of fused-ring (bicyclic) bond motifs is 2. The molecule has 28 heteroatoms.